The zero-order valence-corrected chi connectivity index (χ0v) is 14.4. The molecule has 0 atom stereocenters. The lowest BCUT2D eigenvalue weighted by molar-refractivity contribution is -0.142. The normalized spacial score (nSPS) is 13.0. The van der Waals surface area contributed by atoms with Crippen LogP contribution in [0.5, 0.6) is 0 Å². The predicted molar refractivity (Wildman–Crippen MR) is 80.7 cm³/mol. The van der Waals surface area contributed by atoms with Gasteiger partial charge < -0.3 is 0 Å². The summed E-state index contributed by atoms with van der Waals surface area (Å²) in [6.07, 6.45) is -4.80. The van der Waals surface area contributed by atoms with Gasteiger partial charge in [-0.05, 0) is 44.0 Å². The van der Waals surface area contributed by atoms with Gasteiger partial charge in [0.1, 0.15) is 11.4 Å². The number of carbonyl (C=O) groups is 1. The summed E-state index contributed by atoms with van der Waals surface area (Å²) in [6.45, 7) is 3.96. The number of hydrogen-bond donors (Lipinski definition) is 0. The monoisotopic (exact) mass is 383 g/mol. The van der Waals surface area contributed by atoms with Gasteiger partial charge in [0.15, 0.2) is 21.3 Å². The number of rotatable bonds is 4. The lowest BCUT2D eigenvalue weighted by atomic mass is 10.1. The molecule has 0 aliphatic carbocycles. The molecule has 0 aromatic carbocycles. The van der Waals surface area contributed by atoms with E-state index in [0.717, 1.165) is 13.0 Å². The van der Waals surface area contributed by atoms with E-state index in [1.807, 2.05) is 0 Å². The molecule has 0 amide bonds. The topological polar surface area (TPSA) is 81.4 Å². The Bertz CT molecular complexity index is 920. The molecule has 0 fully saturated rings. The first-order valence-corrected chi connectivity index (χ1v) is 8.81. The highest BCUT2D eigenvalue weighted by Gasteiger charge is 2.38. The van der Waals surface area contributed by atoms with Crippen molar-refractivity contribution in [3.8, 4) is 0 Å². The molecule has 2 aromatic heterocycles. The van der Waals surface area contributed by atoms with Crippen LogP contribution in [0.2, 0.25) is 0 Å². The highest BCUT2D eigenvalue weighted by atomic mass is 35.5. The van der Waals surface area contributed by atoms with Crippen LogP contribution < -0.4 is 0 Å². The molecule has 0 N–H and O–H groups in total. The second-order valence-corrected chi connectivity index (χ2v) is 8.39. The number of fused-ring (bicyclic) bond motifs is 1. The van der Waals surface area contributed by atoms with Gasteiger partial charge in [-0.1, -0.05) is 0 Å². The molecule has 24 heavy (non-hydrogen) atoms. The van der Waals surface area contributed by atoms with Crippen molar-refractivity contribution in [3.05, 3.63) is 28.7 Å². The van der Waals surface area contributed by atoms with E-state index in [9.17, 15) is 26.4 Å². The van der Waals surface area contributed by atoms with Crippen LogP contribution in [0.25, 0.3) is 5.65 Å². The maximum absolute atomic E-state index is 13.4. The molecule has 132 valence electrons. The number of halogens is 4. The lowest BCUT2D eigenvalue weighted by Crippen LogP contribution is -2.21. The fraction of sp³-hybridized carbons (Fsp3) is 0.462. The fourth-order valence-electron chi connectivity index (χ4n) is 2.19. The molecule has 6 nitrogen and oxygen atoms in total. The van der Waals surface area contributed by atoms with Gasteiger partial charge in [0.05, 0.1) is 10.8 Å². The summed E-state index contributed by atoms with van der Waals surface area (Å²) in [5, 5.41) is 5.27. The molecular formula is C13H13ClF3N3O3S. The molecule has 11 heteroatoms. The number of aromatic nitrogens is 3. The van der Waals surface area contributed by atoms with Crippen molar-refractivity contribution < 1.29 is 26.4 Å². The number of alkyl halides is 3. The summed E-state index contributed by atoms with van der Waals surface area (Å²) < 4.78 is 64.9. The second-order valence-electron chi connectivity index (χ2n) is 5.49. The van der Waals surface area contributed by atoms with Gasteiger partial charge in [-0.25, -0.2) is 8.42 Å². The van der Waals surface area contributed by atoms with Crippen molar-refractivity contribution in [1.29, 1.82) is 0 Å². The van der Waals surface area contributed by atoms with Crippen molar-refractivity contribution in [1.82, 2.24) is 14.6 Å². The molecule has 2 heterocycles. The summed E-state index contributed by atoms with van der Waals surface area (Å²) in [5.74, 6) is -1.16. The van der Waals surface area contributed by atoms with Crippen molar-refractivity contribution in [2.75, 3.05) is 0 Å². The summed E-state index contributed by atoms with van der Waals surface area (Å²) in [5.41, 5.74) is -2.13. The Morgan fingerprint density at radius 3 is 2.38 bits per heavy atom. The number of aryl methyl sites for hydroxylation is 1. The van der Waals surface area contributed by atoms with Crippen LogP contribution >= 0.6 is 11.6 Å². The van der Waals surface area contributed by atoms with Gasteiger partial charge in [-0.15, -0.1) is 10.2 Å². The molecule has 0 saturated carbocycles. The molecule has 2 aromatic rings. The first kappa shape index (κ1) is 18.7. The van der Waals surface area contributed by atoms with E-state index in [4.69, 9.17) is 11.6 Å². The van der Waals surface area contributed by atoms with Crippen molar-refractivity contribution >= 4 is 32.3 Å². The first-order valence-electron chi connectivity index (χ1n) is 6.72. The molecule has 0 aliphatic rings. The third-order valence-electron chi connectivity index (χ3n) is 3.46. The number of nitrogens with zero attached hydrogens (tertiary/aromatic N) is 3. The third-order valence-corrected chi connectivity index (χ3v) is 5.76. The Morgan fingerprint density at radius 2 is 1.92 bits per heavy atom. The van der Waals surface area contributed by atoms with E-state index >= 15 is 0 Å². The van der Waals surface area contributed by atoms with Crippen LogP contribution in [-0.2, 0) is 21.8 Å². The third kappa shape index (κ3) is 3.25. The zero-order valence-electron chi connectivity index (χ0n) is 12.8. The Kier molecular flexibility index (Phi) is 4.66. The smallest absolute Gasteiger partial charge is 0.275 e. The summed E-state index contributed by atoms with van der Waals surface area (Å²) in [6, 6.07) is 0.961. The zero-order chi connectivity index (χ0) is 18.4. The Hall–Kier alpha value is -1.68. The molecular weight excluding hydrogens is 371 g/mol. The fourth-order valence-corrected chi connectivity index (χ4v) is 3.21. The molecule has 0 bridgehead atoms. The number of sulfone groups is 1. The number of carbonyl (C=O) groups excluding carboxylic acids is 1. The average molecular weight is 384 g/mol. The first-order chi connectivity index (χ1) is 10.9. The van der Waals surface area contributed by atoms with Crippen LogP contribution in [0.15, 0.2) is 6.07 Å². The maximum Gasteiger partial charge on any atom is 0.432 e. The minimum Gasteiger partial charge on any atom is -0.275 e. The average Bonchev–Trinajstić information content (AvgIpc) is 2.78. The van der Waals surface area contributed by atoms with Gasteiger partial charge >= 0.3 is 6.18 Å². The minimum atomic E-state index is -4.80. The lowest BCUT2D eigenvalue weighted by Gasteiger charge is -2.15. The quantitative estimate of drug-likeness (QED) is 0.758. The molecule has 0 spiro atoms. The SMILES string of the molecule is Cc1cc(C(=O)Cl)c2nnc(CS(=O)(=O)C(C)C)n2c1C(F)(F)F. The van der Waals surface area contributed by atoms with Gasteiger partial charge in [0.2, 0.25) is 0 Å². The Morgan fingerprint density at radius 1 is 1.33 bits per heavy atom. The van der Waals surface area contributed by atoms with Crippen LogP contribution in [0.4, 0.5) is 13.2 Å². The van der Waals surface area contributed by atoms with Crippen LogP contribution in [0.3, 0.4) is 0 Å². The van der Waals surface area contributed by atoms with E-state index in [2.05, 4.69) is 10.2 Å². The van der Waals surface area contributed by atoms with Crippen molar-refractivity contribution in [2.45, 2.75) is 38.0 Å². The van der Waals surface area contributed by atoms with Gasteiger partial charge in [0.25, 0.3) is 5.24 Å². The molecule has 0 radical (unpaired) electrons. The molecule has 0 unspecified atom stereocenters. The highest BCUT2D eigenvalue weighted by molar-refractivity contribution is 7.91. The molecule has 0 saturated heterocycles. The number of pyridine rings is 1. The van der Waals surface area contributed by atoms with Crippen LogP contribution in [0, 0.1) is 6.92 Å². The largest absolute Gasteiger partial charge is 0.432 e. The maximum atomic E-state index is 13.4. The standard InChI is InChI=1S/C13H13ClF3N3O3S/c1-6(2)24(22,23)5-9-18-19-12-8(11(14)21)4-7(3)10(20(9)12)13(15,16)17/h4,6H,5H2,1-3H3. The highest BCUT2D eigenvalue weighted by Crippen LogP contribution is 2.34. The Labute approximate surface area is 140 Å². The van der Waals surface area contributed by atoms with Gasteiger partial charge in [0, 0.05) is 0 Å². The van der Waals surface area contributed by atoms with E-state index in [1.165, 1.54) is 13.8 Å². The second kappa shape index (κ2) is 5.99. The molecule has 0 aliphatic heterocycles. The summed E-state index contributed by atoms with van der Waals surface area (Å²) >= 11 is 5.39. The van der Waals surface area contributed by atoms with Gasteiger partial charge in [-0.2, -0.15) is 13.2 Å². The minimum absolute atomic E-state index is 0.275. The Balaban J connectivity index is 2.87. The van der Waals surface area contributed by atoms with E-state index < -0.39 is 49.4 Å². The summed E-state index contributed by atoms with van der Waals surface area (Å²) in [7, 11) is -3.73. The number of hydrogen-bond acceptors (Lipinski definition) is 5. The molecule has 2 rings (SSSR count). The summed E-state index contributed by atoms with van der Waals surface area (Å²) in [4.78, 5) is 11.5. The van der Waals surface area contributed by atoms with E-state index in [-0.39, 0.29) is 11.1 Å². The predicted octanol–water partition coefficient (Wildman–Crippen LogP) is 2.76. The van der Waals surface area contributed by atoms with E-state index in [0.29, 0.717) is 4.40 Å². The van der Waals surface area contributed by atoms with Crippen molar-refractivity contribution in [2.24, 2.45) is 0 Å². The van der Waals surface area contributed by atoms with Crippen LogP contribution in [-0.4, -0.2) is 33.5 Å². The van der Waals surface area contributed by atoms with Crippen molar-refractivity contribution in [3.63, 3.8) is 0 Å². The van der Waals surface area contributed by atoms with Crippen LogP contribution in [0.1, 0.15) is 41.3 Å². The van der Waals surface area contributed by atoms with E-state index in [1.54, 1.807) is 0 Å². The van der Waals surface area contributed by atoms with Gasteiger partial charge in [-0.3, -0.25) is 9.20 Å².